The van der Waals surface area contributed by atoms with Crippen molar-refractivity contribution in [2.75, 3.05) is 27.3 Å². The molecule has 1 aliphatic heterocycles. The minimum atomic E-state index is -3.78. The molecule has 1 saturated heterocycles. The standard InChI is InChI=1S/C20H26N2O6S2/c1-27-19-11-10-18(14-20(19)28-2)29(23,24)21-15-16-6-8-17(9-7-16)30(25,26)22-12-4-3-5-13-22/h6-11,14,21H,3-5,12-13,15H2,1-2H3. The number of nitrogens with zero attached hydrogens (tertiary/aromatic N) is 1. The van der Waals surface area contributed by atoms with Gasteiger partial charge in [0.05, 0.1) is 24.0 Å². The van der Waals surface area contributed by atoms with E-state index in [-0.39, 0.29) is 16.3 Å². The van der Waals surface area contributed by atoms with Crippen LogP contribution in [0.5, 0.6) is 11.5 Å². The average Bonchev–Trinajstić information content (AvgIpc) is 2.78. The Morgan fingerprint density at radius 3 is 2.03 bits per heavy atom. The molecule has 30 heavy (non-hydrogen) atoms. The number of ether oxygens (including phenoxy) is 2. The van der Waals surface area contributed by atoms with Crippen molar-refractivity contribution < 1.29 is 26.3 Å². The molecule has 1 aliphatic rings. The summed E-state index contributed by atoms with van der Waals surface area (Å²) >= 11 is 0. The predicted octanol–water partition coefficient (Wildman–Crippen LogP) is 2.36. The molecule has 0 spiro atoms. The van der Waals surface area contributed by atoms with Crippen LogP contribution in [0.2, 0.25) is 0 Å². The van der Waals surface area contributed by atoms with E-state index in [4.69, 9.17) is 9.47 Å². The van der Waals surface area contributed by atoms with Gasteiger partial charge in [0, 0.05) is 25.7 Å². The lowest BCUT2D eigenvalue weighted by Crippen LogP contribution is -2.35. The van der Waals surface area contributed by atoms with E-state index in [9.17, 15) is 16.8 Å². The maximum Gasteiger partial charge on any atom is 0.243 e. The number of nitrogens with one attached hydrogen (secondary N) is 1. The quantitative estimate of drug-likeness (QED) is 0.657. The van der Waals surface area contributed by atoms with Crippen molar-refractivity contribution in [3.8, 4) is 11.5 Å². The molecule has 1 heterocycles. The van der Waals surface area contributed by atoms with Crippen LogP contribution in [0.4, 0.5) is 0 Å². The Bertz CT molecular complexity index is 1080. The zero-order valence-electron chi connectivity index (χ0n) is 17.0. The van der Waals surface area contributed by atoms with Gasteiger partial charge in [0.2, 0.25) is 20.0 Å². The summed E-state index contributed by atoms with van der Waals surface area (Å²) in [5.74, 6) is 0.745. The van der Waals surface area contributed by atoms with Gasteiger partial charge in [-0.2, -0.15) is 4.31 Å². The van der Waals surface area contributed by atoms with E-state index in [1.807, 2.05) is 0 Å². The first-order chi connectivity index (χ1) is 14.3. The smallest absolute Gasteiger partial charge is 0.243 e. The third-order valence-electron chi connectivity index (χ3n) is 5.01. The van der Waals surface area contributed by atoms with Gasteiger partial charge in [0.15, 0.2) is 11.5 Å². The number of rotatable bonds is 8. The molecule has 2 aromatic carbocycles. The highest BCUT2D eigenvalue weighted by molar-refractivity contribution is 7.89. The number of hydrogen-bond acceptors (Lipinski definition) is 6. The van der Waals surface area contributed by atoms with E-state index in [0.29, 0.717) is 30.2 Å². The first kappa shape index (κ1) is 22.5. The van der Waals surface area contributed by atoms with E-state index in [2.05, 4.69) is 4.72 Å². The summed E-state index contributed by atoms with van der Waals surface area (Å²) in [4.78, 5) is 0.264. The zero-order chi connectivity index (χ0) is 21.8. The fraction of sp³-hybridized carbons (Fsp3) is 0.400. The van der Waals surface area contributed by atoms with Crippen LogP contribution in [0.15, 0.2) is 52.3 Å². The van der Waals surface area contributed by atoms with E-state index < -0.39 is 20.0 Å². The molecule has 164 valence electrons. The molecule has 0 aliphatic carbocycles. The Balaban J connectivity index is 1.70. The molecule has 0 atom stereocenters. The molecule has 0 bridgehead atoms. The molecule has 1 fully saturated rings. The van der Waals surface area contributed by atoms with Gasteiger partial charge >= 0.3 is 0 Å². The average molecular weight is 455 g/mol. The minimum absolute atomic E-state index is 0.0285. The van der Waals surface area contributed by atoms with Gasteiger partial charge in [-0.05, 0) is 42.7 Å². The summed E-state index contributed by atoms with van der Waals surface area (Å²) < 4.78 is 64.9. The van der Waals surface area contributed by atoms with E-state index in [0.717, 1.165) is 19.3 Å². The predicted molar refractivity (Wildman–Crippen MR) is 113 cm³/mol. The van der Waals surface area contributed by atoms with Gasteiger partial charge in [-0.1, -0.05) is 18.6 Å². The fourth-order valence-electron chi connectivity index (χ4n) is 3.28. The molecular weight excluding hydrogens is 428 g/mol. The molecule has 0 saturated carbocycles. The van der Waals surface area contributed by atoms with Crippen LogP contribution < -0.4 is 14.2 Å². The van der Waals surface area contributed by atoms with Crippen LogP contribution in [0.1, 0.15) is 24.8 Å². The summed E-state index contributed by atoms with van der Waals surface area (Å²) in [6.45, 7) is 1.10. The summed E-state index contributed by atoms with van der Waals surface area (Å²) in [5, 5.41) is 0. The molecular formula is C20H26N2O6S2. The Kier molecular flexibility index (Phi) is 7.02. The van der Waals surface area contributed by atoms with Crippen molar-refractivity contribution >= 4 is 20.0 Å². The molecule has 0 unspecified atom stereocenters. The number of benzene rings is 2. The number of methoxy groups -OCH3 is 2. The first-order valence-corrected chi connectivity index (χ1v) is 12.5. The third-order valence-corrected chi connectivity index (χ3v) is 8.32. The monoisotopic (exact) mass is 454 g/mol. The third kappa shape index (κ3) is 4.94. The molecule has 0 aromatic heterocycles. The molecule has 10 heteroatoms. The van der Waals surface area contributed by atoms with Crippen LogP contribution in [0, 0.1) is 0 Å². The van der Waals surface area contributed by atoms with Crippen molar-refractivity contribution in [2.45, 2.75) is 35.6 Å². The highest BCUT2D eigenvalue weighted by Gasteiger charge is 2.25. The fourth-order valence-corrected chi connectivity index (χ4v) is 5.83. The van der Waals surface area contributed by atoms with Crippen LogP contribution in [0.3, 0.4) is 0 Å². The molecule has 0 amide bonds. The number of piperidine rings is 1. The second kappa shape index (κ2) is 9.34. The van der Waals surface area contributed by atoms with E-state index in [1.54, 1.807) is 12.1 Å². The lowest BCUT2D eigenvalue weighted by atomic mass is 10.2. The maximum atomic E-state index is 12.7. The lowest BCUT2D eigenvalue weighted by molar-refractivity contribution is 0.346. The molecule has 3 rings (SSSR count). The van der Waals surface area contributed by atoms with Gasteiger partial charge in [-0.3, -0.25) is 0 Å². The normalized spacial score (nSPS) is 15.7. The molecule has 1 N–H and O–H groups in total. The Hall–Kier alpha value is -2.14. The van der Waals surface area contributed by atoms with Crippen molar-refractivity contribution in [1.29, 1.82) is 0 Å². The van der Waals surface area contributed by atoms with E-state index in [1.165, 1.54) is 48.9 Å². The topological polar surface area (TPSA) is 102 Å². The summed E-state index contributed by atoms with van der Waals surface area (Å²) in [6.07, 6.45) is 2.79. The maximum absolute atomic E-state index is 12.7. The zero-order valence-corrected chi connectivity index (χ0v) is 18.6. The highest BCUT2D eigenvalue weighted by atomic mass is 32.2. The molecule has 0 radical (unpaired) electrons. The molecule has 8 nitrogen and oxygen atoms in total. The lowest BCUT2D eigenvalue weighted by Gasteiger charge is -2.25. The Morgan fingerprint density at radius 2 is 1.43 bits per heavy atom. The number of hydrogen-bond donors (Lipinski definition) is 1. The van der Waals surface area contributed by atoms with Crippen molar-refractivity contribution in [3.63, 3.8) is 0 Å². The largest absolute Gasteiger partial charge is 0.493 e. The summed E-state index contributed by atoms with van der Waals surface area (Å²) in [5.41, 5.74) is 0.650. The van der Waals surface area contributed by atoms with Crippen LogP contribution in [-0.2, 0) is 26.6 Å². The van der Waals surface area contributed by atoms with Gasteiger partial charge in [0.1, 0.15) is 0 Å². The summed E-state index contributed by atoms with van der Waals surface area (Å²) in [6, 6.07) is 10.6. The first-order valence-electron chi connectivity index (χ1n) is 9.59. The van der Waals surface area contributed by atoms with Gasteiger partial charge in [0.25, 0.3) is 0 Å². The van der Waals surface area contributed by atoms with Crippen LogP contribution in [-0.4, -0.2) is 48.4 Å². The minimum Gasteiger partial charge on any atom is -0.493 e. The van der Waals surface area contributed by atoms with Crippen molar-refractivity contribution in [3.05, 3.63) is 48.0 Å². The van der Waals surface area contributed by atoms with Gasteiger partial charge < -0.3 is 9.47 Å². The van der Waals surface area contributed by atoms with Crippen LogP contribution >= 0.6 is 0 Å². The molecule has 2 aromatic rings. The second-order valence-corrected chi connectivity index (χ2v) is 10.7. The second-order valence-electron chi connectivity index (χ2n) is 6.95. The van der Waals surface area contributed by atoms with Gasteiger partial charge in [-0.15, -0.1) is 0 Å². The highest BCUT2D eigenvalue weighted by Crippen LogP contribution is 2.29. The Morgan fingerprint density at radius 1 is 0.833 bits per heavy atom. The van der Waals surface area contributed by atoms with Gasteiger partial charge in [-0.25, -0.2) is 21.6 Å². The SMILES string of the molecule is COc1ccc(S(=O)(=O)NCc2ccc(S(=O)(=O)N3CCCCC3)cc2)cc1OC. The van der Waals surface area contributed by atoms with Crippen LogP contribution in [0.25, 0.3) is 0 Å². The van der Waals surface area contributed by atoms with Crippen molar-refractivity contribution in [1.82, 2.24) is 9.03 Å². The number of sulfonamides is 2. The Labute approximate surface area is 177 Å². The van der Waals surface area contributed by atoms with Crippen molar-refractivity contribution in [2.24, 2.45) is 0 Å². The summed E-state index contributed by atoms with van der Waals surface area (Å²) in [7, 11) is -4.39. The van der Waals surface area contributed by atoms with E-state index >= 15 is 0 Å².